The van der Waals surface area contributed by atoms with E-state index in [1.165, 1.54) is 22.5 Å². The Bertz CT molecular complexity index is 1070. The molecule has 158 valence electrons. The molecule has 1 saturated heterocycles. The number of benzene rings is 1. The van der Waals surface area contributed by atoms with Crippen molar-refractivity contribution in [3.8, 4) is 17.4 Å². The Kier molecular flexibility index (Phi) is 6.72. The number of carbonyl (C=O) groups is 1. The average molecular weight is 429 g/mol. The quantitative estimate of drug-likeness (QED) is 0.557. The van der Waals surface area contributed by atoms with Gasteiger partial charge in [0, 0.05) is 30.8 Å². The van der Waals surface area contributed by atoms with E-state index in [4.69, 9.17) is 9.15 Å². The number of furan rings is 1. The summed E-state index contributed by atoms with van der Waals surface area (Å²) in [6, 6.07) is 11.5. The minimum absolute atomic E-state index is 0.0587. The molecule has 2 heterocycles. The number of hydrogen-bond donors (Lipinski definition) is 1. The zero-order chi connectivity index (χ0) is 21.7. The summed E-state index contributed by atoms with van der Waals surface area (Å²) >= 11 is 0. The van der Waals surface area contributed by atoms with Crippen LogP contribution in [-0.4, -0.2) is 51.0 Å². The lowest BCUT2D eigenvalue weighted by atomic mass is 10.2. The molecular formula is C21H23N3O5S. The van der Waals surface area contributed by atoms with Gasteiger partial charge in [0.1, 0.15) is 23.2 Å². The van der Waals surface area contributed by atoms with Crippen LogP contribution in [0.15, 0.2) is 51.3 Å². The molecule has 0 bridgehead atoms. The number of morpholine rings is 1. The van der Waals surface area contributed by atoms with E-state index >= 15 is 0 Å². The summed E-state index contributed by atoms with van der Waals surface area (Å²) in [4.78, 5) is 12.2. The topological polar surface area (TPSA) is 113 Å². The number of sulfonamides is 1. The van der Waals surface area contributed by atoms with Gasteiger partial charge < -0.3 is 14.5 Å². The summed E-state index contributed by atoms with van der Waals surface area (Å²) in [5, 5.41) is 11.9. The summed E-state index contributed by atoms with van der Waals surface area (Å²) in [7, 11) is -3.56. The molecule has 0 radical (unpaired) electrons. The van der Waals surface area contributed by atoms with Crippen LogP contribution in [0, 0.1) is 11.3 Å². The molecule has 1 fully saturated rings. The molecule has 1 aromatic carbocycles. The van der Waals surface area contributed by atoms with Gasteiger partial charge >= 0.3 is 0 Å². The molecule has 30 heavy (non-hydrogen) atoms. The average Bonchev–Trinajstić information content (AvgIpc) is 3.21. The summed E-state index contributed by atoms with van der Waals surface area (Å²) in [6.07, 6.45) is 1.37. The minimum atomic E-state index is -3.56. The van der Waals surface area contributed by atoms with Crippen LogP contribution in [0.1, 0.15) is 19.6 Å². The van der Waals surface area contributed by atoms with Crippen molar-refractivity contribution >= 4 is 22.0 Å². The first kappa shape index (κ1) is 21.8. The SMILES string of the molecule is CC(C)NC(=O)C(C#N)=Cc1ccc(-c2ccc(S(=O)(=O)N3CCOCC3)cc2)o1. The van der Waals surface area contributed by atoms with E-state index in [1.807, 2.05) is 6.07 Å². The van der Waals surface area contributed by atoms with Gasteiger partial charge in [0.15, 0.2) is 0 Å². The Morgan fingerprint density at radius 3 is 2.43 bits per heavy atom. The predicted octanol–water partition coefficient (Wildman–Crippen LogP) is 2.40. The highest BCUT2D eigenvalue weighted by Crippen LogP contribution is 2.26. The van der Waals surface area contributed by atoms with Crippen molar-refractivity contribution < 1.29 is 22.4 Å². The van der Waals surface area contributed by atoms with Crippen LogP contribution in [0.25, 0.3) is 17.4 Å². The Labute approximate surface area is 175 Å². The second-order valence-corrected chi connectivity index (χ2v) is 8.98. The number of ether oxygens (including phenoxy) is 1. The van der Waals surface area contributed by atoms with E-state index in [9.17, 15) is 18.5 Å². The van der Waals surface area contributed by atoms with Crippen molar-refractivity contribution in [2.75, 3.05) is 26.3 Å². The summed E-state index contributed by atoms with van der Waals surface area (Å²) in [6.45, 7) is 5.06. The molecular weight excluding hydrogens is 406 g/mol. The highest BCUT2D eigenvalue weighted by atomic mass is 32.2. The lowest BCUT2D eigenvalue weighted by Crippen LogP contribution is -2.40. The number of nitrogens with one attached hydrogen (secondary N) is 1. The highest BCUT2D eigenvalue weighted by molar-refractivity contribution is 7.89. The summed E-state index contributed by atoms with van der Waals surface area (Å²) in [5.41, 5.74) is 0.622. The first-order chi connectivity index (χ1) is 14.3. The van der Waals surface area contributed by atoms with E-state index in [-0.39, 0.29) is 16.5 Å². The molecule has 1 aliphatic rings. The molecule has 0 unspecified atom stereocenters. The largest absolute Gasteiger partial charge is 0.457 e. The van der Waals surface area contributed by atoms with Gasteiger partial charge in [-0.25, -0.2) is 8.42 Å². The van der Waals surface area contributed by atoms with E-state index in [0.717, 1.165) is 0 Å². The third-order valence-electron chi connectivity index (χ3n) is 4.44. The van der Waals surface area contributed by atoms with Crippen molar-refractivity contribution in [3.63, 3.8) is 0 Å². The normalized spacial score (nSPS) is 15.7. The van der Waals surface area contributed by atoms with E-state index in [0.29, 0.717) is 43.4 Å². The van der Waals surface area contributed by atoms with Crippen LogP contribution in [0.2, 0.25) is 0 Å². The molecule has 3 rings (SSSR count). The Morgan fingerprint density at radius 2 is 1.83 bits per heavy atom. The standard InChI is InChI=1S/C21H23N3O5S/c1-15(2)23-21(25)17(14-22)13-18-5-8-20(29-18)16-3-6-19(7-4-16)30(26,27)24-9-11-28-12-10-24/h3-8,13,15H,9-12H2,1-2H3,(H,23,25). The van der Waals surface area contributed by atoms with Crippen LogP contribution >= 0.6 is 0 Å². The van der Waals surface area contributed by atoms with Gasteiger partial charge in [-0.15, -0.1) is 0 Å². The monoisotopic (exact) mass is 429 g/mol. The fraction of sp³-hybridized carbons (Fsp3) is 0.333. The van der Waals surface area contributed by atoms with Crippen molar-refractivity contribution in [3.05, 3.63) is 47.7 Å². The molecule has 1 aromatic heterocycles. The zero-order valence-electron chi connectivity index (χ0n) is 16.8. The maximum atomic E-state index is 12.7. The second-order valence-electron chi connectivity index (χ2n) is 7.04. The Balaban J connectivity index is 1.78. The third kappa shape index (κ3) is 4.97. The lowest BCUT2D eigenvalue weighted by Gasteiger charge is -2.26. The number of nitrogens with zero attached hydrogens (tertiary/aromatic N) is 2. The molecule has 0 atom stereocenters. The molecule has 1 amide bonds. The first-order valence-electron chi connectivity index (χ1n) is 9.52. The van der Waals surface area contributed by atoms with Gasteiger partial charge in [-0.3, -0.25) is 4.79 Å². The van der Waals surface area contributed by atoms with Crippen LogP contribution in [0.4, 0.5) is 0 Å². The van der Waals surface area contributed by atoms with Crippen molar-refractivity contribution in [2.24, 2.45) is 0 Å². The lowest BCUT2D eigenvalue weighted by molar-refractivity contribution is -0.117. The predicted molar refractivity (Wildman–Crippen MR) is 111 cm³/mol. The summed E-state index contributed by atoms with van der Waals surface area (Å²) < 4.78 is 37.7. The van der Waals surface area contributed by atoms with Crippen molar-refractivity contribution in [2.45, 2.75) is 24.8 Å². The molecule has 1 aliphatic heterocycles. The zero-order valence-corrected chi connectivity index (χ0v) is 17.6. The van der Waals surface area contributed by atoms with E-state index in [1.54, 1.807) is 38.1 Å². The minimum Gasteiger partial charge on any atom is -0.457 e. The second kappa shape index (κ2) is 9.26. The Hall–Kier alpha value is -2.93. The van der Waals surface area contributed by atoms with Gasteiger partial charge in [0.25, 0.3) is 5.91 Å². The van der Waals surface area contributed by atoms with Crippen molar-refractivity contribution in [1.29, 1.82) is 5.26 Å². The smallest absolute Gasteiger partial charge is 0.262 e. The van der Waals surface area contributed by atoms with Crippen LogP contribution in [0.3, 0.4) is 0 Å². The van der Waals surface area contributed by atoms with Crippen LogP contribution in [-0.2, 0) is 19.6 Å². The maximum Gasteiger partial charge on any atom is 0.262 e. The fourth-order valence-corrected chi connectivity index (χ4v) is 4.35. The maximum absolute atomic E-state index is 12.7. The number of rotatable bonds is 6. The van der Waals surface area contributed by atoms with Gasteiger partial charge in [0.05, 0.1) is 18.1 Å². The van der Waals surface area contributed by atoms with Crippen LogP contribution in [0.5, 0.6) is 0 Å². The fourth-order valence-electron chi connectivity index (χ4n) is 2.94. The van der Waals surface area contributed by atoms with Crippen molar-refractivity contribution in [1.82, 2.24) is 9.62 Å². The van der Waals surface area contributed by atoms with Crippen LogP contribution < -0.4 is 5.32 Å². The van der Waals surface area contributed by atoms with Gasteiger partial charge in [-0.05, 0) is 50.2 Å². The molecule has 0 aliphatic carbocycles. The molecule has 2 aromatic rings. The van der Waals surface area contributed by atoms with Gasteiger partial charge in [0.2, 0.25) is 10.0 Å². The highest BCUT2D eigenvalue weighted by Gasteiger charge is 2.26. The molecule has 1 N–H and O–H groups in total. The number of amides is 1. The van der Waals surface area contributed by atoms with E-state index < -0.39 is 15.9 Å². The van der Waals surface area contributed by atoms with Gasteiger partial charge in [-0.1, -0.05) is 0 Å². The third-order valence-corrected chi connectivity index (χ3v) is 6.36. The van der Waals surface area contributed by atoms with E-state index in [2.05, 4.69) is 5.32 Å². The van der Waals surface area contributed by atoms with Gasteiger partial charge in [-0.2, -0.15) is 9.57 Å². The Morgan fingerprint density at radius 1 is 1.17 bits per heavy atom. The molecule has 9 heteroatoms. The first-order valence-corrected chi connectivity index (χ1v) is 11.0. The molecule has 0 spiro atoms. The number of hydrogen-bond acceptors (Lipinski definition) is 6. The molecule has 8 nitrogen and oxygen atoms in total. The number of nitriles is 1. The molecule has 0 saturated carbocycles. The number of carbonyl (C=O) groups excluding carboxylic acids is 1. The summed E-state index contributed by atoms with van der Waals surface area (Å²) in [5.74, 6) is 0.381.